The highest BCUT2D eigenvalue weighted by atomic mass is 19.1. The number of benzene rings is 1. The fraction of sp³-hybridized carbons (Fsp3) is 0.412. The lowest BCUT2D eigenvalue weighted by Gasteiger charge is -2.34. The summed E-state index contributed by atoms with van der Waals surface area (Å²) in [6, 6.07) is 2.95. The molecule has 1 fully saturated rings. The maximum atomic E-state index is 13.4. The summed E-state index contributed by atoms with van der Waals surface area (Å²) in [5.74, 6) is -1.98. The van der Waals surface area contributed by atoms with Crippen molar-refractivity contribution in [2.24, 2.45) is 0 Å². The summed E-state index contributed by atoms with van der Waals surface area (Å²) >= 11 is 0. The third kappa shape index (κ3) is 3.24. The van der Waals surface area contributed by atoms with Gasteiger partial charge in [0.05, 0.1) is 6.61 Å². The van der Waals surface area contributed by atoms with Gasteiger partial charge < -0.3 is 14.4 Å². The highest BCUT2D eigenvalue weighted by molar-refractivity contribution is 6.05. The van der Waals surface area contributed by atoms with Crippen LogP contribution in [0.4, 0.5) is 9.18 Å². The average Bonchev–Trinajstić information content (AvgIpc) is 2.91. The van der Waals surface area contributed by atoms with Gasteiger partial charge in [-0.05, 0) is 37.1 Å². The lowest BCUT2D eigenvalue weighted by molar-refractivity contribution is -0.157. The van der Waals surface area contributed by atoms with Crippen molar-refractivity contribution in [2.45, 2.75) is 32.4 Å². The van der Waals surface area contributed by atoms with E-state index >= 15 is 0 Å². The van der Waals surface area contributed by atoms with E-state index in [1.807, 2.05) is 0 Å². The molecule has 0 aliphatic carbocycles. The number of hydrogen-bond donors (Lipinski definition) is 0. The van der Waals surface area contributed by atoms with E-state index in [0.717, 1.165) is 4.90 Å². The molecular formula is C17H17FN2O6. The number of piperidine rings is 1. The minimum atomic E-state index is -0.990. The fourth-order valence-corrected chi connectivity index (χ4v) is 3.09. The van der Waals surface area contributed by atoms with E-state index in [1.165, 1.54) is 23.1 Å². The van der Waals surface area contributed by atoms with Crippen LogP contribution in [0.2, 0.25) is 0 Å². The van der Waals surface area contributed by atoms with Gasteiger partial charge in [-0.2, -0.15) is 0 Å². The van der Waals surface area contributed by atoms with Crippen LogP contribution in [-0.2, 0) is 25.6 Å². The second-order valence-electron chi connectivity index (χ2n) is 5.91. The molecular weight excluding hydrogens is 347 g/mol. The van der Waals surface area contributed by atoms with E-state index < -0.39 is 36.6 Å². The Kier molecular flexibility index (Phi) is 4.88. The van der Waals surface area contributed by atoms with Crippen molar-refractivity contribution in [1.82, 2.24) is 9.80 Å². The summed E-state index contributed by atoms with van der Waals surface area (Å²) in [4.78, 5) is 50.6. The molecule has 0 saturated carbocycles. The van der Waals surface area contributed by atoms with Crippen LogP contribution in [0.1, 0.15) is 35.7 Å². The molecule has 1 aromatic carbocycles. The Balaban J connectivity index is 1.73. The number of rotatable bonds is 4. The largest absolute Gasteiger partial charge is 0.510 e. The molecule has 138 valence electrons. The maximum absolute atomic E-state index is 13.4. The topological polar surface area (TPSA) is 93.2 Å². The third-order valence-corrected chi connectivity index (χ3v) is 4.33. The van der Waals surface area contributed by atoms with Crippen LogP contribution in [0.25, 0.3) is 0 Å². The van der Waals surface area contributed by atoms with Gasteiger partial charge in [-0.15, -0.1) is 0 Å². The molecule has 3 rings (SSSR count). The first-order valence-corrected chi connectivity index (χ1v) is 8.15. The quantitative estimate of drug-likeness (QED) is 0.593. The SMILES string of the molecule is CCOC(=O)OCN1C(=O)CCC(N2Cc3cc(F)ccc3C2=O)C1=O. The Morgan fingerprint density at radius 3 is 2.77 bits per heavy atom. The normalized spacial score (nSPS) is 19.6. The number of carbonyl (C=O) groups excluding carboxylic acids is 4. The van der Waals surface area contributed by atoms with E-state index in [0.29, 0.717) is 11.1 Å². The Morgan fingerprint density at radius 2 is 2.04 bits per heavy atom. The molecule has 2 aliphatic heterocycles. The molecule has 0 aromatic heterocycles. The second-order valence-corrected chi connectivity index (χ2v) is 5.91. The number of ether oxygens (including phenoxy) is 2. The minimum Gasteiger partial charge on any atom is -0.435 e. The van der Waals surface area contributed by atoms with Gasteiger partial charge >= 0.3 is 6.16 Å². The maximum Gasteiger partial charge on any atom is 0.510 e. The monoisotopic (exact) mass is 364 g/mol. The molecule has 1 atom stereocenters. The molecule has 0 spiro atoms. The zero-order valence-electron chi connectivity index (χ0n) is 14.1. The number of imide groups is 1. The number of hydrogen-bond acceptors (Lipinski definition) is 6. The van der Waals surface area contributed by atoms with Crippen LogP contribution in [0.3, 0.4) is 0 Å². The number of likely N-dealkylation sites (tertiary alicyclic amines) is 1. The number of fused-ring (bicyclic) bond motifs is 1. The smallest absolute Gasteiger partial charge is 0.435 e. The Bertz CT molecular complexity index is 781. The fourth-order valence-electron chi connectivity index (χ4n) is 3.09. The summed E-state index contributed by atoms with van der Waals surface area (Å²) in [7, 11) is 0. The van der Waals surface area contributed by atoms with Crippen LogP contribution < -0.4 is 0 Å². The van der Waals surface area contributed by atoms with E-state index in [-0.39, 0.29) is 31.9 Å². The van der Waals surface area contributed by atoms with E-state index in [9.17, 15) is 23.6 Å². The number of amides is 3. The third-order valence-electron chi connectivity index (χ3n) is 4.33. The van der Waals surface area contributed by atoms with Crippen molar-refractivity contribution in [3.63, 3.8) is 0 Å². The molecule has 1 aromatic rings. The Labute approximate surface area is 148 Å². The zero-order chi connectivity index (χ0) is 18.8. The number of nitrogens with zero attached hydrogens (tertiary/aromatic N) is 2. The van der Waals surface area contributed by atoms with Crippen molar-refractivity contribution < 1.29 is 33.0 Å². The Hall–Kier alpha value is -2.97. The summed E-state index contributed by atoms with van der Waals surface area (Å²) in [6.07, 6.45) is -0.803. The molecule has 3 amide bonds. The molecule has 2 heterocycles. The van der Waals surface area contributed by atoms with Crippen LogP contribution in [0.5, 0.6) is 0 Å². The van der Waals surface area contributed by atoms with Crippen molar-refractivity contribution in [2.75, 3.05) is 13.3 Å². The lowest BCUT2D eigenvalue weighted by atomic mass is 10.0. The number of halogens is 1. The van der Waals surface area contributed by atoms with E-state index in [2.05, 4.69) is 4.74 Å². The van der Waals surface area contributed by atoms with Crippen molar-refractivity contribution in [3.05, 3.63) is 35.1 Å². The van der Waals surface area contributed by atoms with Gasteiger partial charge in [-0.1, -0.05) is 0 Å². The molecule has 0 bridgehead atoms. The highest BCUT2D eigenvalue weighted by Crippen LogP contribution is 2.29. The zero-order valence-corrected chi connectivity index (χ0v) is 14.1. The summed E-state index contributed by atoms with van der Waals surface area (Å²) in [5.41, 5.74) is 0.833. The first-order valence-electron chi connectivity index (χ1n) is 8.15. The molecule has 8 nitrogen and oxygen atoms in total. The standard InChI is InChI=1S/C17H17FN2O6/c1-2-25-17(24)26-9-20-14(21)6-5-13(16(20)23)19-8-10-7-11(18)3-4-12(10)15(19)22/h3-4,7,13H,2,5-6,8-9H2,1H3. The molecule has 1 saturated heterocycles. The summed E-state index contributed by atoms with van der Waals surface area (Å²) in [5, 5.41) is 0. The van der Waals surface area contributed by atoms with E-state index in [4.69, 9.17) is 4.74 Å². The molecule has 9 heteroatoms. The first-order chi connectivity index (χ1) is 12.4. The molecule has 0 radical (unpaired) electrons. The Morgan fingerprint density at radius 1 is 1.27 bits per heavy atom. The molecule has 2 aliphatic rings. The van der Waals surface area contributed by atoms with Crippen LogP contribution in [0, 0.1) is 5.82 Å². The predicted octanol–water partition coefficient (Wildman–Crippen LogP) is 1.43. The van der Waals surface area contributed by atoms with Crippen LogP contribution in [0.15, 0.2) is 18.2 Å². The lowest BCUT2D eigenvalue weighted by Crippen LogP contribution is -2.55. The highest BCUT2D eigenvalue weighted by Gasteiger charge is 2.43. The average molecular weight is 364 g/mol. The van der Waals surface area contributed by atoms with Gasteiger partial charge in [0, 0.05) is 18.5 Å². The van der Waals surface area contributed by atoms with E-state index in [1.54, 1.807) is 6.92 Å². The minimum absolute atomic E-state index is 0.0249. The van der Waals surface area contributed by atoms with Gasteiger partial charge in [-0.3, -0.25) is 14.4 Å². The van der Waals surface area contributed by atoms with Gasteiger partial charge in [0.1, 0.15) is 11.9 Å². The van der Waals surface area contributed by atoms with Crippen molar-refractivity contribution >= 4 is 23.9 Å². The first kappa shape index (κ1) is 17.8. The van der Waals surface area contributed by atoms with Gasteiger partial charge in [-0.25, -0.2) is 14.1 Å². The molecule has 26 heavy (non-hydrogen) atoms. The van der Waals surface area contributed by atoms with Gasteiger partial charge in [0.15, 0.2) is 6.73 Å². The molecule has 0 N–H and O–H groups in total. The second kappa shape index (κ2) is 7.11. The van der Waals surface area contributed by atoms with Crippen molar-refractivity contribution in [3.8, 4) is 0 Å². The van der Waals surface area contributed by atoms with Gasteiger partial charge in [0.2, 0.25) is 5.91 Å². The van der Waals surface area contributed by atoms with Crippen LogP contribution in [-0.4, -0.2) is 53.1 Å². The molecule has 1 unspecified atom stereocenters. The number of carbonyl (C=O) groups is 4. The van der Waals surface area contributed by atoms with Gasteiger partial charge in [0.25, 0.3) is 11.8 Å². The van der Waals surface area contributed by atoms with Crippen molar-refractivity contribution in [1.29, 1.82) is 0 Å². The summed E-state index contributed by atoms with van der Waals surface area (Å²) in [6.45, 7) is 1.20. The van der Waals surface area contributed by atoms with Crippen LogP contribution >= 0.6 is 0 Å². The summed E-state index contributed by atoms with van der Waals surface area (Å²) < 4.78 is 22.7. The predicted molar refractivity (Wildman–Crippen MR) is 84.1 cm³/mol.